The normalized spacial score (nSPS) is 10.1. The molecule has 1 N–H and O–H groups in total. The summed E-state index contributed by atoms with van der Waals surface area (Å²) in [5.74, 6) is -1.79. The summed E-state index contributed by atoms with van der Waals surface area (Å²) in [4.78, 5) is 23.6. The Morgan fingerprint density at radius 3 is 2.68 bits per heavy atom. The van der Waals surface area contributed by atoms with Crippen molar-refractivity contribution in [2.24, 2.45) is 0 Å². The van der Waals surface area contributed by atoms with Crippen LogP contribution in [0, 0.1) is 12.7 Å². The van der Waals surface area contributed by atoms with Crippen LogP contribution in [0.4, 0.5) is 10.1 Å². The fourth-order valence-electron chi connectivity index (χ4n) is 1.76. The number of carbonyl (C=O) groups excluding carboxylic acids is 2. The smallest absolute Gasteiger partial charge is 0.339 e. The molecule has 22 heavy (non-hydrogen) atoms. The van der Waals surface area contributed by atoms with Crippen LogP contribution in [0.1, 0.15) is 15.9 Å². The Labute approximate surface area is 135 Å². The predicted octanol–water partition coefficient (Wildman–Crippen LogP) is 3.69. The van der Waals surface area contributed by atoms with Gasteiger partial charge in [0.05, 0.1) is 5.56 Å². The van der Waals surface area contributed by atoms with E-state index in [-0.39, 0.29) is 5.56 Å². The van der Waals surface area contributed by atoms with Gasteiger partial charge in [-0.3, -0.25) is 4.79 Å². The van der Waals surface area contributed by atoms with Gasteiger partial charge in [0.15, 0.2) is 6.61 Å². The second kappa shape index (κ2) is 7.17. The summed E-state index contributed by atoms with van der Waals surface area (Å²) in [7, 11) is 0. The van der Waals surface area contributed by atoms with Gasteiger partial charge < -0.3 is 10.1 Å². The van der Waals surface area contributed by atoms with E-state index in [1.807, 2.05) is 19.1 Å². The van der Waals surface area contributed by atoms with E-state index in [4.69, 9.17) is 4.74 Å². The van der Waals surface area contributed by atoms with Crippen LogP contribution in [0.5, 0.6) is 0 Å². The van der Waals surface area contributed by atoms with Crippen LogP contribution in [-0.4, -0.2) is 18.5 Å². The molecule has 0 spiro atoms. The van der Waals surface area contributed by atoms with Gasteiger partial charge in [-0.05, 0) is 52.7 Å². The zero-order valence-corrected chi connectivity index (χ0v) is 13.3. The molecule has 0 radical (unpaired) electrons. The van der Waals surface area contributed by atoms with Crippen LogP contribution in [0.25, 0.3) is 0 Å². The second-order valence-corrected chi connectivity index (χ2v) is 5.42. The Kier molecular flexibility index (Phi) is 5.27. The van der Waals surface area contributed by atoms with E-state index in [1.165, 1.54) is 12.1 Å². The topological polar surface area (TPSA) is 55.4 Å². The predicted molar refractivity (Wildman–Crippen MR) is 84.2 cm³/mol. The van der Waals surface area contributed by atoms with E-state index in [2.05, 4.69) is 21.2 Å². The number of hydrogen-bond acceptors (Lipinski definition) is 3. The second-order valence-electron chi connectivity index (χ2n) is 4.56. The summed E-state index contributed by atoms with van der Waals surface area (Å²) in [6.07, 6.45) is 0. The zero-order chi connectivity index (χ0) is 16.1. The van der Waals surface area contributed by atoms with Gasteiger partial charge in [0, 0.05) is 10.2 Å². The fraction of sp³-hybridized carbons (Fsp3) is 0.125. The molecule has 0 heterocycles. The minimum atomic E-state index is -0.772. The lowest BCUT2D eigenvalue weighted by molar-refractivity contribution is -0.119. The van der Waals surface area contributed by atoms with Crippen molar-refractivity contribution < 1.29 is 18.7 Å². The summed E-state index contributed by atoms with van der Waals surface area (Å²) in [6.45, 7) is 1.40. The molecule has 2 rings (SSSR count). The van der Waals surface area contributed by atoms with Crippen molar-refractivity contribution in [2.45, 2.75) is 6.92 Å². The Morgan fingerprint density at radius 2 is 1.95 bits per heavy atom. The minimum Gasteiger partial charge on any atom is -0.452 e. The first-order chi connectivity index (χ1) is 10.5. The summed E-state index contributed by atoms with van der Waals surface area (Å²) < 4.78 is 18.4. The number of rotatable bonds is 4. The Hall–Kier alpha value is -2.21. The maximum Gasteiger partial charge on any atom is 0.339 e. The molecule has 0 saturated carbocycles. The molecule has 0 aliphatic carbocycles. The highest BCUT2D eigenvalue weighted by molar-refractivity contribution is 9.10. The molecule has 4 nitrogen and oxygen atoms in total. The van der Waals surface area contributed by atoms with Crippen LogP contribution in [0.15, 0.2) is 46.9 Å². The molecule has 0 atom stereocenters. The molecule has 0 bridgehead atoms. The Bertz CT molecular complexity index is 718. The number of ether oxygens (including phenoxy) is 1. The standard InChI is InChI=1S/C16H13BrFNO3/c1-10-4-2-3-5-14(10)19-15(20)9-22-16(21)12-8-11(18)6-7-13(12)17/h2-8H,9H2,1H3,(H,19,20). The molecule has 2 aromatic carbocycles. The van der Waals surface area contributed by atoms with Crippen LogP contribution >= 0.6 is 15.9 Å². The lowest BCUT2D eigenvalue weighted by atomic mass is 10.2. The molecule has 2 aromatic rings. The van der Waals surface area contributed by atoms with E-state index in [0.29, 0.717) is 10.2 Å². The van der Waals surface area contributed by atoms with Crippen LogP contribution in [-0.2, 0) is 9.53 Å². The van der Waals surface area contributed by atoms with Crippen molar-refractivity contribution in [3.05, 3.63) is 63.9 Å². The van der Waals surface area contributed by atoms with E-state index in [9.17, 15) is 14.0 Å². The number of amides is 1. The highest BCUT2D eigenvalue weighted by atomic mass is 79.9. The molecule has 0 saturated heterocycles. The Balaban J connectivity index is 1.95. The number of halogens is 2. The number of hydrogen-bond donors (Lipinski definition) is 1. The molecule has 1 amide bonds. The molecule has 114 valence electrons. The fourth-order valence-corrected chi connectivity index (χ4v) is 2.17. The van der Waals surface area contributed by atoms with E-state index in [0.717, 1.165) is 11.6 Å². The third kappa shape index (κ3) is 4.14. The van der Waals surface area contributed by atoms with Crippen molar-refractivity contribution >= 4 is 33.5 Å². The maximum atomic E-state index is 13.1. The summed E-state index contributed by atoms with van der Waals surface area (Å²) >= 11 is 3.13. The van der Waals surface area contributed by atoms with Gasteiger partial charge >= 0.3 is 5.97 Å². The molecule has 0 unspecified atom stereocenters. The molecular weight excluding hydrogens is 353 g/mol. The number of esters is 1. The van der Waals surface area contributed by atoms with Gasteiger partial charge in [-0.1, -0.05) is 18.2 Å². The average Bonchev–Trinajstić information content (AvgIpc) is 2.49. The third-order valence-electron chi connectivity index (χ3n) is 2.90. The lowest BCUT2D eigenvalue weighted by Crippen LogP contribution is -2.21. The van der Waals surface area contributed by atoms with Crippen molar-refractivity contribution in [3.8, 4) is 0 Å². The quantitative estimate of drug-likeness (QED) is 0.840. The van der Waals surface area contributed by atoms with Crippen molar-refractivity contribution in [1.82, 2.24) is 0 Å². The molecule has 0 aromatic heterocycles. The first-order valence-electron chi connectivity index (χ1n) is 6.45. The highest BCUT2D eigenvalue weighted by Crippen LogP contribution is 2.19. The van der Waals surface area contributed by atoms with Crippen molar-refractivity contribution in [3.63, 3.8) is 0 Å². The highest BCUT2D eigenvalue weighted by Gasteiger charge is 2.14. The van der Waals surface area contributed by atoms with Crippen LogP contribution < -0.4 is 5.32 Å². The zero-order valence-electron chi connectivity index (χ0n) is 11.7. The maximum absolute atomic E-state index is 13.1. The largest absolute Gasteiger partial charge is 0.452 e. The number of benzene rings is 2. The van der Waals surface area contributed by atoms with E-state index >= 15 is 0 Å². The van der Waals surface area contributed by atoms with Gasteiger partial charge in [0.1, 0.15) is 5.82 Å². The van der Waals surface area contributed by atoms with E-state index in [1.54, 1.807) is 12.1 Å². The molecule has 0 fully saturated rings. The number of carbonyl (C=O) groups is 2. The number of anilines is 1. The summed E-state index contributed by atoms with van der Waals surface area (Å²) in [5.41, 5.74) is 1.58. The van der Waals surface area contributed by atoms with Gasteiger partial charge in [-0.15, -0.1) is 0 Å². The van der Waals surface area contributed by atoms with Gasteiger partial charge in [0.25, 0.3) is 5.91 Å². The lowest BCUT2D eigenvalue weighted by Gasteiger charge is -2.09. The molecular formula is C16H13BrFNO3. The number of para-hydroxylation sites is 1. The van der Waals surface area contributed by atoms with Gasteiger partial charge in [0.2, 0.25) is 0 Å². The number of aryl methyl sites for hydroxylation is 1. The summed E-state index contributed by atoms with van der Waals surface area (Å²) in [6, 6.07) is 10.9. The minimum absolute atomic E-state index is 0.0312. The number of nitrogens with one attached hydrogen (secondary N) is 1. The first-order valence-corrected chi connectivity index (χ1v) is 7.24. The third-order valence-corrected chi connectivity index (χ3v) is 3.59. The molecule has 6 heteroatoms. The Morgan fingerprint density at radius 1 is 1.23 bits per heavy atom. The monoisotopic (exact) mass is 365 g/mol. The van der Waals surface area contributed by atoms with Crippen LogP contribution in [0.2, 0.25) is 0 Å². The van der Waals surface area contributed by atoms with Crippen molar-refractivity contribution in [1.29, 1.82) is 0 Å². The van der Waals surface area contributed by atoms with Crippen LogP contribution in [0.3, 0.4) is 0 Å². The SMILES string of the molecule is Cc1ccccc1NC(=O)COC(=O)c1cc(F)ccc1Br. The summed E-state index contributed by atoms with van der Waals surface area (Å²) in [5, 5.41) is 2.64. The van der Waals surface area contributed by atoms with Gasteiger partial charge in [-0.25, -0.2) is 9.18 Å². The first kappa shape index (κ1) is 16.2. The molecule has 0 aliphatic heterocycles. The van der Waals surface area contributed by atoms with Crippen molar-refractivity contribution in [2.75, 3.05) is 11.9 Å². The van der Waals surface area contributed by atoms with E-state index < -0.39 is 24.3 Å². The average molecular weight is 366 g/mol. The van der Waals surface area contributed by atoms with Gasteiger partial charge in [-0.2, -0.15) is 0 Å². The molecule has 0 aliphatic rings.